The maximum atomic E-state index is 12.1. The first-order valence-corrected chi connectivity index (χ1v) is 7.08. The molecule has 0 saturated carbocycles. The summed E-state index contributed by atoms with van der Waals surface area (Å²) in [6.45, 7) is 0. The number of rotatable bonds is 4. The highest BCUT2D eigenvalue weighted by Gasteiger charge is 2.08. The first kappa shape index (κ1) is 14.1. The number of esters is 1. The van der Waals surface area contributed by atoms with E-state index < -0.39 is 0 Å². The first-order valence-electron chi connectivity index (χ1n) is 7.08. The molecule has 22 heavy (non-hydrogen) atoms. The summed E-state index contributed by atoms with van der Waals surface area (Å²) in [6.07, 6.45) is 2.06. The molecular formula is C20H15O2. The van der Waals surface area contributed by atoms with Gasteiger partial charge in [0.15, 0.2) is 0 Å². The average Bonchev–Trinajstić information content (AvgIpc) is 2.57. The maximum Gasteiger partial charge on any atom is 0.343 e. The van der Waals surface area contributed by atoms with Gasteiger partial charge in [0, 0.05) is 6.42 Å². The van der Waals surface area contributed by atoms with Crippen LogP contribution in [0, 0.1) is 6.42 Å². The molecule has 0 heterocycles. The van der Waals surface area contributed by atoms with E-state index in [0.717, 1.165) is 11.1 Å². The van der Waals surface area contributed by atoms with E-state index in [2.05, 4.69) is 6.42 Å². The van der Waals surface area contributed by atoms with Crippen LogP contribution >= 0.6 is 0 Å². The quantitative estimate of drug-likeness (QED) is 0.521. The zero-order chi connectivity index (χ0) is 15.2. The Kier molecular flexibility index (Phi) is 4.30. The topological polar surface area (TPSA) is 26.3 Å². The molecule has 107 valence electrons. The standard InChI is InChI=1S/C20H15O2/c21-20(22-19-9-5-2-6-10-19)18-13-11-17(12-14-18)15-16-7-3-1-4-8-16/h1-15H. The number of benzene rings is 3. The SMILES string of the molecule is O=C(Oc1ccccc1)c1ccc([CH]c2ccccc2)cc1. The van der Waals surface area contributed by atoms with Gasteiger partial charge in [-0.05, 0) is 35.4 Å². The minimum absolute atomic E-state index is 0.350. The Morgan fingerprint density at radius 2 is 1.23 bits per heavy atom. The lowest BCUT2D eigenvalue weighted by Crippen LogP contribution is -2.08. The van der Waals surface area contributed by atoms with Crippen molar-refractivity contribution in [1.29, 1.82) is 0 Å². The summed E-state index contributed by atoms with van der Waals surface area (Å²) >= 11 is 0. The molecule has 0 bridgehead atoms. The summed E-state index contributed by atoms with van der Waals surface area (Å²) in [4.78, 5) is 12.1. The molecule has 1 radical (unpaired) electrons. The molecule has 3 aromatic carbocycles. The smallest absolute Gasteiger partial charge is 0.343 e. The molecule has 0 unspecified atom stereocenters. The Labute approximate surface area is 130 Å². The lowest BCUT2D eigenvalue weighted by molar-refractivity contribution is 0.0735. The van der Waals surface area contributed by atoms with Gasteiger partial charge in [-0.25, -0.2) is 4.79 Å². The van der Waals surface area contributed by atoms with Crippen molar-refractivity contribution in [2.45, 2.75) is 0 Å². The van der Waals surface area contributed by atoms with Crippen molar-refractivity contribution in [3.63, 3.8) is 0 Å². The molecule has 0 atom stereocenters. The van der Waals surface area contributed by atoms with Crippen LogP contribution < -0.4 is 4.74 Å². The van der Waals surface area contributed by atoms with Gasteiger partial charge in [0.05, 0.1) is 5.56 Å². The van der Waals surface area contributed by atoms with Crippen LogP contribution in [0.25, 0.3) is 0 Å². The van der Waals surface area contributed by atoms with Crippen LogP contribution in [0.1, 0.15) is 21.5 Å². The van der Waals surface area contributed by atoms with E-state index in [9.17, 15) is 4.79 Å². The van der Waals surface area contributed by atoms with E-state index in [1.165, 1.54) is 0 Å². The number of carbonyl (C=O) groups excluding carboxylic acids is 1. The van der Waals surface area contributed by atoms with Gasteiger partial charge in [-0.3, -0.25) is 0 Å². The van der Waals surface area contributed by atoms with Crippen LogP contribution in [-0.2, 0) is 0 Å². The highest BCUT2D eigenvalue weighted by molar-refractivity contribution is 5.91. The Bertz CT molecular complexity index is 732. The first-order chi connectivity index (χ1) is 10.8. The number of ether oxygens (including phenoxy) is 1. The van der Waals surface area contributed by atoms with Crippen LogP contribution in [0.4, 0.5) is 0 Å². The van der Waals surface area contributed by atoms with E-state index in [-0.39, 0.29) is 5.97 Å². The minimum atomic E-state index is -0.350. The summed E-state index contributed by atoms with van der Waals surface area (Å²) in [6, 6.07) is 26.5. The molecule has 2 heteroatoms. The van der Waals surface area contributed by atoms with Crippen LogP contribution in [-0.4, -0.2) is 5.97 Å². The summed E-state index contributed by atoms with van der Waals surface area (Å²) in [5, 5.41) is 0. The third-order valence-corrected chi connectivity index (χ3v) is 3.23. The molecule has 0 aromatic heterocycles. The molecule has 0 spiro atoms. The molecule has 0 N–H and O–H groups in total. The fraction of sp³-hybridized carbons (Fsp3) is 0. The van der Waals surface area contributed by atoms with Gasteiger partial charge in [-0.15, -0.1) is 0 Å². The van der Waals surface area contributed by atoms with Crippen molar-refractivity contribution in [3.05, 3.63) is 108 Å². The van der Waals surface area contributed by atoms with E-state index in [1.807, 2.05) is 60.7 Å². The highest BCUT2D eigenvalue weighted by atomic mass is 16.5. The zero-order valence-corrected chi connectivity index (χ0v) is 12.0. The molecule has 0 aliphatic rings. The zero-order valence-electron chi connectivity index (χ0n) is 12.0. The van der Waals surface area contributed by atoms with Crippen LogP contribution in [0.5, 0.6) is 5.75 Å². The number of para-hydroxylation sites is 1. The van der Waals surface area contributed by atoms with Crippen molar-refractivity contribution in [2.24, 2.45) is 0 Å². The monoisotopic (exact) mass is 287 g/mol. The third-order valence-electron chi connectivity index (χ3n) is 3.23. The van der Waals surface area contributed by atoms with Crippen molar-refractivity contribution < 1.29 is 9.53 Å². The van der Waals surface area contributed by atoms with Crippen LogP contribution in [0.3, 0.4) is 0 Å². The van der Waals surface area contributed by atoms with Gasteiger partial charge in [0.2, 0.25) is 0 Å². The van der Waals surface area contributed by atoms with Crippen LogP contribution in [0.2, 0.25) is 0 Å². The van der Waals surface area contributed by atoms with Gasteiger partial charge in [-0.2, -0.15) is 0 Å². The van der Waals surface area contributed by atoms with Crippen LogP contribution in [0.15, 0.2) is 84.9 Å². The summed E-state index contributed by atoms with van der Waals surface area (Å²) in [7, 11) is 0. The second-order valence-electron chi connectivity index (χ2n) is 4.88. The lowest BCUT2D eigenvalue weighted by Gasteiger charge is -2.05. The Morgan fingerprint density at radius 1 is 0.682 bits per heavy atom. The molecule has 0 saturated heterocycles. The molecule has 3 aromatic rings. The fourth-order valence-corrected chi connectivity index (χ4v) is 2.11. The van der Waals surface area contributed by atoms with Crippen molar-refractivity contribution in [2.75, 3.05) is 0 Å². The average molecular weight is 287 g/mol. The Morgan fingerprint density at radius 3 is 1.86 bits per heavy atom. The molecule has 0 fully saturated rings. The van der Waals surface area contributed by atoms with Gasteiger partial charge >= 0.3 is 5.97 Å². The second kappa shape index (κ2) is 6.72. The van der Waals surface area contributed by atoms with Gasteiger partial charge in [-0.1, -0.05) is 60.7 Å². The summed E-state index contributed by atoms with van der Waals surface area (Å²) < 4.78 is 5.31. The van der Waals surface area contributed by atoms with Crippen molar-refractivity contribution in [1.82, 2.24) is 0 Å². The predicted octanol–water partition coefficient (Wildman–Crippen LogP) is 4.51. The molecular weight excluding hydrogens is 272 g/mol. The van der Waals surface area contributed by atoms with Gasteiger partial charge in [0.1, 0.15) is 5.75 Å². The van der Waals surface area contributed by atoms with E-state index >= 15 is 0 Å². The molecule has 0 aliphatic heterocycles. The Hall–Kier alpha value is -2.87. The predicted molar refractivity (Wildman–Crippen MR) is 86.8 cm³/mol. The number of hydrogen-bond acceptors (Lipinski definition) is 2. The van der Waals surface area contributed by atoms with Crippen molar-refractivity contribution in [3.8, 4) is 5.75 Å². The molecule has 0 aliphatic carbocycles. The fourth-order valence-electron chi connectivity index (χ4n) is 2.11. The largest absolute Gasteiger partial charge is 0.423 e. The molecule has 3 rings (SSSR count). The van der Waals surface area contributed by atoms with Gasteiger partial charge in [0.25, 0.3) is 0 Å². The Balaban J connectivity index is 1.67. The second-order valence-corrected chi connectivity index (χ2v) is 4.88. The van der Waals surface area contributed by atoms with Gasteiger partial charge < -0.3 is 4.74 Å². The molecule has 0 amide bonds. The maximum absolute atomic E-state index is 12.1. The minimum Gasteiger partial charge on any atom is -0.423 e. The normalized spacial score (nSPS) is 10.2. The van der Waals surface area contributed by atoms with E-state index in [1.54, 1.807) is 24.3 Å². The summed E-state index contributed by atoms with van der Waals surface area (Å²) in [5.41, 5.74) is 2.71. The lowest BCUT2D eigenvalue weighted by atomic mass is 10.0. The summed E-state index contributed by atoms with van der Waals surface area (Å²) in [5.74, 6) is 0.199. The van der Waals surface area contributed by atoms with E-state index in [0.29, 0.717) is 11.3 Å². The third kappa shape index (κ3) is 3.61. The highest BCUT2D eigenvalue weighted by Crippen LogP contribution is 2.15. The number of carbonyl (C=O) groups is 1. The molecule has 2 nitrogen and oxygen atoms in total. The van der Waals surface area contributed by atoms with Crippen molar-refractivity contribution >= 4 is 5.97 Å². The van der Waals surface area contributed by atoms with E-state index in [4.69, 9.17) is 4.74 Å². The number of hydrogen-bond donors (Lipinski definition) is 0.